The molecule has 1 fully saturated rings. The van der Waals surface area contributed by atoms with Gasteiger partial charge >= 0.3 is 7.12 Å². The van der Waals surface area contributed by atoms with Gasteiger partial charge in [0.2, 0.25) is 0 Å². The van der Waals surface area contributed by atoms with Crippen LogP contribution in [0, 0.1) is 6.92 Å². The zero-order valence-electron chi connectivity index (χ0n) is 12.5. The highest BCUT2D eigenvalue weighted by atomic mass is 32.2. The molecule has 0 radical (unpaired) electrons. The van der Waals surface area contributed by atoms with Crippen molar-refractivity contribution in [1.29, 1.82) is 0 Å². The van der Waals surface area contributed by atoms with E-state index in [-0.39, 0.29) is 18.3 Å². The Morgan fingerprint density at radius 3 is 2.16 bits per heavy atom. The molecule has 0 bridgehead atoms. The second kappa shape index (κ2) is 5.13. The van der Waals surface area contributed by atoms with Crippen molar-refractivity contribution in [3.05, 3.63) is 23.8 Å². The Balaban J connectivity index is 2.29. The Morgan fingerprint density at radius 1 is 1.05 bits per heavy atom. The summed E-state index contributed by atoms with van der Waals surface area (Å²) in [4.78, 5) is 1.17. The Labute approximate surface area is 120 Å². The SMILES string of the molecule is CNSc1cc(C)cc(B2OC(C)(C)C(C)(C)O2)c1. The van der Waals surface area contributed by atoms with Crippen LogP contribution in [0.4, 0.5) is 0 Å². The third-order valence-electron chi connectivity index (χ3n) is 3.82. The van der Waals surface area contributed by atoms with Crippen LogP contribution < -0.4 is 10.2 Å². The van der Waals surface area contributed by atoms with E-state index in [9.17, 15) is 0 Å². The van der Waals surface area contributed by atoms with E-state index in [0.29, 0.717) is 0 Å². The summed E-state index contributed by atoms with van der Waals surface area (Å²) in [6.07, 6.45) is 0. The van der Waals surface area contributed by atoms with Gasteiger partial charge in [-0.2, -0.15) is 0 Å². The molecule has 104 valence electrons. The zero-order valence-corrected chi connectivity index (χ0v) is 13.4. The third-order valence-corrected chi connectivity index (χ3v) is 4.49. The van der Waals surface area contributed by atoms with Crippen molar-refractivity contribution < 1.29 is 9.31 Å². The van der Waals surface area contributed by atoms with Crippen LogP contribution >= 0.6 is 11.9 Å². The van der Waals surface area contributed by atoms with Gasteiger partial charge in [-0.05, 0) is 71.2 Å². The summed E-state index contributed by atoms with van der Waals surface area (Å²) < 4.78 is 15.3. The maximum absolute atomic E-state index is 6.09. The van der Waals surface area contributed by atoms with Crippen LogP contribution in [0.25, 0.3) is 0 Å². The van der Waals surface area contributed by atoms with Crippen LogP contribution in [0.3, 0.4) is 0 Å². The number of hydrogen-bond donors (Lipinski definition) is 1. The lowest BCUT2D eigenvalue weighted by Gasteiger charge is -2.32. The topological polar surface area (TPSA) is 30.5 Å². The molecule has 1 saturated heterocycles. The number of rotatable bonds is 3. The Morgan fingerprint density at radius 2 is 1.63 bits per heavy atom. The minimum absolute atomic E-state index is 0.291. The van der Waals surface area contributed by atoms with Crippen molar-refractivity contribution in [1.82, 2.24) is 4.72 Å². The fourth-order valence-corrected chi connectivity index (χ4v) is 2.74. The standard InChI is InChI=1S/C14H22BNO2S/c1-10-7-11(9-12(8-10)19-16-6)15-17-13(2,3)14(4,5)18-15/h7-9,16H,1-6H3. The van der Waals surface area contributed by atoms with E-state index in [1.165, 1.54) is 10.5 Å². The summed E-state index contributed by atoms with van der Waals surface area (Å²) in [6.45, 7) is 10.4. The van der Waals surface area contributed by atoms with E-state index in [2.05, 4.69) is 57.5 Å². The minimum Gasteiger partial charge on any atom is -0.399 e. The molecule has 3 nitrogen and oxygen atoms in total. The highest BCUT2D eigenvalue weighted by Gasteiger charge is 2.51. The first kappa shape index (κ1) is 14.9. The monoisotopic (exact) mass is 279 g/mol. The predicted molar refractivity (Wildman–Crippen MR) is 81.8 cm³/mol. The maximum Gasteiger partial charge on any atom is 0.494 e. The van der Waals surface area contributed by atoms with Crippen LogP contribution in [-0.2, 0) is 9.31 Å². The van der Waals surface area contributed by atoms with Gasteiger partial charge in [0.15, 0.2) is 0 Å². The fraction of sp³-hybridized carbons (Fsp3) is 0.571. The van der Waals surface area contributed by atoms with E-state index in [1.54, 1.807) is 11.9 Å². The molecule has 1 aliphatic rings. The fourth-order valence-electron chi connectivity index (χ4n) is 2.07. The molecule has 1 aliphatic heterocycles. The summed E-state index contributed by atoms with van der Waals surface area (Å²) in [5, 5.41) is 0. The first-order valence-electron chi connectivity index (χ1n) is 6.56. The lowest BCUT2D eigenvalue weighted by Crippen LogP contribution is -2.41. The molecule has 1 aromatic rings. The van der Waals surface area contributed by atoms with Gasteiger partial charge in [0, 0.05) is 4.90 Å². The molecule has 0 amide bonds. The predicted octanol–water partition coefficient (Wildman–Crippen LogP) is 2.52. The summed E-state index contributed by atoms with van der Waals surface area (Å²) in [7, 11) is 1.63. The molecule has 0 saturated carbocycles. The molecule has 19 heavy (non-hydrogen) atoms. The van der Waals surface area contributed by atoms with E-state index in [4.69, 9.17) is 9.31 Å². The van der Waals surface area contributed by atoms with Crippen molar-refractivity contribution in [3.8, 4) is 0 Å². The smallest absolute Gasteiger partial charge is 0.399 e. The highest BCUT2D eigenvalue weighted by molar-refractivity contribution is 7.97. The number of benzene rings is 1. The summed E-state index contributed by atoms with van der Waals surface area (Å²) >= 11 is 1.60. The first-order valence-corrected chi connectivity index (χ1v) is 7.38. The Kier molecular flexibility index (Phi) is 4.03. The second-order valence-corrected chi connectivity index (χ2v) is 7.06. The normalized spacial score (nSPS) is 20.8. The van der Waals surface area contributed by atoms with Crippen LogP contribution in [0.1, 0.15) is 33.3 Å². The maximum atomic E-state index is 6.09. The van der Waals surface area contributed by atoms with Gasteiger partial charge in [0.25, 0.3) is 0 Å². The molecule has 1 aromatic carbocycles. The molecule has 1 heterocycles. The van der Waals surface area contributed by atoms with Crippen LogP contribution in [0.15, 0.2) is 23.1 Å². The number of nitrogens with one attached hydrogen (secondary N) is 1. The molecule has 0 spiro atoms. The van der Waals surface area contributed by atoms with Crippen molar-refractivity contribution >= 4 is 24.5 Å². The average molecular weight is 279 g/mol. The van der Waals surface area contributed by atoms with Crippen molar-refractivity contribution in [3.63, 3.8) is 0 Å². The molecule has 0 aliphatic carbocycles. The molecular formula is C14H22BNO2S. The van der Waals surface area contributed by atoms with Gasteiger partial charge in [-0.3, -0.25) is 4.72 Å². The van der Waals surface area contributed by atoms with E-state index in [1.807, 2.05) is 7.05 Å². The van der Waals surface area contributed by atoms with Gasteiger partial charge in [0.1, 0.15) is 0 Å². The second-order valence-electron chi connectivity index (χ2n) is 5.97. The Bertz CT molecular complexity index is 461. The van der Waals surface area contributed by atoms with Crippen molar-refractivity contribution in [2.45, 2.75) is 50.7 Å². The first-order chi connectivity index (χ1) is 8.75. The molecule has 5 heteroatoms. The number of hydrogen-bond acceptors (Lipinski definition) is 4. The summed E-state index contributed by atoms with van der Waals surface area (Å²) in [5.74, 6) is 0. The van der Waals surface area contributed by atoms with E-state index >= 15 is 0 Å². The lowest BCUT2D eigenvalue weighted by atomic mass is 9.78. The Hall–Kier alpha value is -0.485. The van der Waals surface area contributed by atoms with Crippen molar-refractivity contribution in [2.24, 2.45) is 0 Å². The van der Waals surface area contributed by atoms with Gasteiger partial charge in [-0.1, -0.05) is 11.6 Å². The van der Waals surface area contributed by atoms with E-state index in [0.717, 1.165) is 5.46 Å². The number of aryl methyl sites for hydroxylation is 1. The highest BCUT2D eigenvalue weighted by Crippen LogP contribution is 2.36. The molecule has 2 rings (SSSR count). The molecular weight excluding hydrogens is 257 g/mol. The summed E-state index contributed by atoms with van der Waals surface area (Å²) in [5.41, 5.74) is 1.71. The van der Waals surface area contributed by atoms with Crippen LogP contribution in [0.5, 0.6) is 0 Å². The third kappa shape index (κ3) is 3.00. The van der Waals surface area contributed by atoms with Crippen molar-refractivity contribution in [2.75, 3.05) is 7.05 Å². The molecule has 0 aromatic heterocycles. The molecule has 1 N–H and O–H groups in total. The van der Waals surface area contributed by atoms with Gasteiger partial charge in [0.05, 0.1) is 11.2 Å². The van der Waals surface area contributed by atoms with Gasteiger partial charge < -0.3 is 9.31 Å². The largest absolute Gasteiger partial charge is 0.494 e. The van der Waals surface area contributed by atoms with Gasteiger partial charge in [-0.25, -0.2) is 0 Å². The van der Waals surface area contributed by atoms with E-state index < -0.39 is 0 Å². The van der Waals surface area contributed by atoms with Gasteiger partial charge in [-0.15, -0.1) is 0 Å². The lowest BCUT2D eigenvalue weighted by molar-refractivity contribution is 0.00578. The quantitative estimate of drug-likeness (QED) is 0.680. The van der Waals surface area contributed by atoms with Crippen LogP contribution in [-0.4, -0.2) is 25.4 Å². The molecule has 0 unspecified atom stereocenters. The van der Waals surface area contributed by atoms with Crippen LogP contribution in [0.2, 0.25) is 0 Å². The minimum atomic E-state index is -0.294. The molecule has 0 atom stereocenters. The average Bonchev–Trinajstić information content (AvgIpc) is 2.48. The zero-order chi connectivity index (χ0) is 14.3. The summed E-state index contributed by atoms with van der Waals surface area (Å²) in [6, 6.07) is 6.40.